The van der Waals surface area contributed by atoms with Crippen LogP contribution < -0.4 is 21.1 Å². The first-order valence-electron chi connectivity index (χ1n) is 9.70. The molecule has 0 bridgehead atoms. The summed E-state index contributed by atoms with van der Waals surface area (Å²) < 4.78 is 40.9. The molecule has 0 saturated carbocycles. The van der Waals surface area contributed by atoms with Crippen molar-refractivity contribution in [3.05, 3.63) is 53.6 Å². The van der Waals surface area contributed by atoms with E-state index in [4.69, 9.17) is 5.26 Å². The molecule has 2 aliphatic rings. The third-order valence-electron chi connectivity index (χ3n) is 5.30. The number of likely N-dealkylation sites (tertiary alicyclic amines) is 1. The van der Waals surface area contributed by atoms with Gasteiger partial charge in [0.2, 0.25) is 0 Å². The van der Waals surface area contributed by atoms with Crippen molar-refractivity contribution in [2.75, 3.05) is 36.5 Å². The standard InChI is InChI=1S/C20H20F3N7O/c21-13-1-2-17-15(9-13)18(27-16-10-25-5-3-14(16)19(31)26-12-24)28-30(17)8-7-29-6-4-20(22,23)11-29/h1-3,5,9-10,18,27-28H,4,6-8,11H2,(H,26,31). The van der Waals surface area contributed by atoms with E-state index in [-0.39, 0.29) is 18.5 Å². The molecule has 0 aliphatic carbocycles. The molecular formula is C20H20F3N7O. The van der Waals surface area contributed by atoms with Crippen molar-refractivity contribution in [2.24, 2.45) is 0 Å². The highest BCUT2D eigenvalue weighted by molar-refractivity contribution is 6.00. The lowest BCUT2D eigenvalue weighted by Gasteiger charge is -2.25. The lowest BCUT2D eigenvalue weighted by molar-refractivity contribution is 0.0124. The predicted octanol–water partition coefficient (Wildman–Crippen LogP) is 2.21. The third-order valence-corrected chi connectivity index (χ3v) is 5.30. The molecule has 1 unspecified atom stereocenters. The van der Waals surface area contributed by atoms with Crippen LogP contribution in [0.5, 0.6) is 0 Å². The number of hydrazine groups is 1. The number of hydrogen-bond acceptors (Lipinski definition) is 7. The van der Waals surface area contributed by atoms with Gasteiger partial charge in [0, 0.05) is 37.8 Å². The highest BCUT2D eigenvalue weighted by Crippen LogP contribution is 2.35. The van der Waals surface area contributed by atoms with E-state index in [1.807, 2.05) is 0 Å². The maximum Gasteiger partial charge on any atom is 0.266 e. The number of nitrogens with zero attached hydrogens (tertiary/aromatic N) is 4. The molecule has 2 aromatic rings. The quantitative estimate of drug-likeness (QED) is 0.477. The van der Waals surface area contributed by atoms with Gasteiger partial charge in [0.1, 0.15) is 12.0 Å². The summed E-state index contributed by atoms with van der Waals surface area (Å²) in [7, 11) is 0. The number of rotatable bonds is 6. The smallest absolute Gasteiger partial charge is 0.266 e. The lowest BCUT2D eigenvalue weighted by Crippen LogP contribution is -2.42. The average molecular weight is 431 g/mol. The number of nitriles is 1. The van der Waals surface area contributed by atoms with E-state index >= 15 is 0 Å². The van der Waals surface area contributed by atoms with E-state index < -0.39 is 23.8 Å². The number of alkyl halides is 2. The molecule has 2 aliphatic heterocycles. The molecule has 1 amide bonds. The Morgan fingerprint density at radius 2 is 2.19 bits per heavy atom. The fourth-order valence-electron chi connectivity index (χ4n) is 3.81. The first-order valence-corrected chi connectivity index (χ1v) is 9.70. The third kappa shape index (κ3) is 4.55. The summed E-state index contributed by atoms with van der Waals surface area (Å²) in [5, 5.41) is 15.7. The van der Waals surface area contributed by atoms with E-state index in [0.717, 1.165) is 0 Å². The van der Waals surface area contributed by atoms with Crippen LogP contribution in [-0.4, -0.2) is 47.9 Å². The van der Waals surface area contributed by atoms with E-state index in [1.54, 1.807) is 22.2 Å². The molecule has 1 fully saturated rings. The minimum atomic E-state index is -2.66. The van der Waals surface area contributed by atoms with Crippen LogP contribution in [0.4, 0.5) is 24.5 Å². The zero-order valence-electron chi connectivity index (χ0n) is 16.4. The molecule has 3 N–H and O–H groups in total. The van der Waals surface area contributed by atoms with Crippen molar-refractivity contribution < 1.29 is 18.0 Å². The molecule has 8 nitrogen and oxygen atoms in total. The monoisotopic (exact) mass is 431 g/mol. The maximum atomic E-state index is 13.9. The molecule has 1 atom stereocenters. The van der Waals surface area contributed by atoms with Gasteiger partial charge in [-0.3, -0.25) is 20.0 Å². The fraction of sp³-hybridized carbons (Fsp3) is 0.350. The van der Waals surface area contributed by atoms with Crippen LogP contribution in [0.15, 0.2) is 36.7 Å². The summed E-state index contributed by atoms with van der Waals surface area (Å²) in [4.78, 5) is 17.8. The van der Waals surface area contributed by atoms with E-state index in [2.05, 4.69) is 21.0 Å². The van der Waals surface area contributed by atoms with Crippen LogP contribution in [0.3, 0.4) is 0 Å². The van der Waals surface area contributed by atoms with Crippen LogP contribution in [0.2, 0.25) is 0 Å². The summed E-state index contributed by atoms with van der Waals surface area (Å²) in [6.45, 7) is 0.869. The van der Waals surface area contributed by atoms with Crippen LogP contribution in [0, 0.1) is 17.3 Å². The topological polar surface area (TPSA) is 96.3 Å². The number of halogens is 3. The van der Waals surface area contributed by atoms with Crippen molar-refractivity contribution in [3.63, 3.8) is 0 Å². The van der Waals surface area contributed by atoms with Gasteiger partial charge < -0.3 is 10.3 Å². The van der Waals surface area contributed by atoms with Crippen LogP contribution >= 0.6 is 0 Å². The Labute approximate surface area is 176 Å². The summed E-state index contributed by atoms with van der Waals surface area (Å²) in [6, 6.07) is 5.78. The highest BCUT2D eigenvalue weighted by Gasteiger charge is 2.38. The summed E-state index contributed by atoms with van der Waals surface area (Å²) >= 11 is 0. The van der Waals surface area contributed by atoms with Crippen molar-refractivity contribution in [3.8, 4) is 6.19 Å². The Morgan fingerprint density at radius 1 is 1.35 bits per heavy atom. The number of anilines is 2. The molecule has 1 aromatic carbocycles. The fourth-order valence-corrected chi connectivity index (χ4v) is 3.81. The number of pyridine rings is 1. The molecule has 3 heterocycles. The second-order valence-corrected chi connectivity index (χ2v) is 7.43. The van der Waals surface area contributed by atoms with E-state index in [1.165, 1.54) is 30.6 Å². The van der Waals surface area contributed by atoms with Gasteiger partial charge in [-0.2, -0.15) is 5.26 Å². The molecule has 162 valence electrons. The van der Waals surface area contributed by atoms with Gasteiger partial charge in [-0.05, 0) is 24.3 Å². The zero-order valence-corrected chi connectivity index (χ0v) is 16.4. The number of nitrogens with one attached hydrogen (secondary N) is 3. The van der Waals surface area contributed by atoms with Gasteiger partial charge in [0.15, 0.2) is 6.19 Å². The Kier molecular flexibility index (Phi) is 5.67. The Bertz CT molecular complexity index is 1030. The van der Waals surface area contributed by atoms with Gasteiger partial charge in [-0.1, -0.05) is 0 Å². The van der Waals surface area contributed by atoms with Gasteiger partial charge in [0.25, 0.3) is 11.8 Å². The number of amides is 1. The largest absolute Gasteiger partial charge is 0.363 e. The van der Waals surface area contributed by atoms with Gasteiger partial charge in [-0.15, -0.1) is 0 Å². The summed E-state index contributed by atoms with van der Waals surface area (Å²) in [6.07, 6.45) is 3.70. The molecule has 1 saturated heterocycles. The minimum Gasteiger partial charge on any atom is -0.363 e. The SMILES string of the molecule is N#CNC(=O)c1ccncc1NC1NN(CCN2CCC(F)(F)C2)c2ccc(F)cc21. The average Bonchev–Trinajstić information content (AvgIpc) is 3.26. The number of carbonyl (C=O) groups excluding carboxylic acids is 1. The predicted molar refractivity (Wildman–Crippen MR) is 107 cm³/mol. The van der Waals surface area contributed by atoms with Gasteiger partial charge in [0.05, 0.1) is 29.7 Å². The molecule has 31 heavy (non-hydrogen) atoms. The number of aromatic nitrogens is 1. The van der Waals surface area contributed by atoms with E-state index in [9.17, 15) is 18.0 Å². The second-order valence-electron chi connectivity index (χ2n) is 7.43. The maximum absolute atomic E-state index is 13.9. The van der Waals surface area contributed by atoms with E-state index in [0.29, 0.717) is 36.6 Å². The Morgan fingerprint density at radius 3 is 2.94 bits per heavy atom. The van der Waals surface area contributed by atoms with Gasteiger partial charge in [-0.25, -0.2) is 18.6 Å². The normalized spacial score (nSPS) is 19.7. The second kappa shape index (κ2) is 8.41. The van der Waals surface area contributed by atoms with Crippen LogP contribution in [0.1, 0.15) is 28.5 Å². The first kappa shape index (κ1) is 20.9. The van der Waals surface area contributed by atoms with Crippen molar-refractivity contribution in [2.45, 2.75) is 18.5 Å². The molecule has 4 rings (SSSR count). The van der Waals surface area contributed by atoms with Crippen molar-refractivity contribution >= 4 is 17.3 Å². The Hall–Kier alpha value is -3.36. The van der Waals surface area contributed by atoms with Crippen LogP contribution in [0.25, 0.3) is 0 Å². The number of fused-ring (bicyclic) bond motifs is 1. The number of benzene rings is 1. The van der Waals surface area contributed by atoms with Crippen LogP contribution in [-0.2, 0) is 0 Å². The van der Waals surface area contributed by atoms with Crippen molar-refractivity contribution in [1.29, 1.82) is 5.26 Å². The zero-order chi connectivity index (χ0) is 22.0. The Balaban J connectivity index is 1.52. The summed E-state index contributed by atoms with van der Waals surface area (Å²) in [5.74, 6) is -3.69. The first-order chi connectivity index (χ1) is 14.9. The molecule has 1 aromatic heterocycles. The molecule has 11 heteroatoms. The highest BCUT2D eigenvalue weighted by atomic mass is 19.3. The molecule has 0 radical (unpaired) electrons. The number of carbonyl (C=O) groups is 1. The number of hydrogen-bond donors (Lipinski definition) is 3. The summed E-state index contributed by atoms with van der Waals surface area (Å²) in [5.41, 5.74) is 5.05. The van der Waals surface area contributed by atoms with Crippen molar-refractivity contribution in [1.82, 2.24) is 20.6 Å². The molecular weight excluding hydrogens is 411 g/mol. The molecule has 0 spiro atoms. The minimum absolute atomic E-state index is 0.152. The lowest BCUT2D eigenvalue weighted by atomic mass is 10.1. The van der Waals surface area contributed by atoms with Gasteiger partial charge >= 0.3 is 0 Å².